The van der Waals surface area contributed by atoms with E-state index < -0.39 is 0 Å². The predicted molar refractivity (Wildman–Crippen MR) is 54.0 cm³/mol. The molecule has 0 atom stereocenters. The van der Waals surface area contributed by atoms with Crippen LogP contribution in [0.3, 0.4) is 0 Å². The number of benzene rings is 1. The molecule has 0 unspecified atom stereocenters. The largest absolute Gasteiger partial charge is 0.333 e. The molecule has 0 aliphatic heterocycles. The second kappa shape index (κ2) is 4.45. The third-order valence-corrected chi connectivity index (χ3v) is 1.74. The third kappa shape index (κ3) is 3.11. The zero-order valence-corrected chi connectivity index (χ0v) is 7.87. The van der Waals surface area contributed by atoms with Gasteiger partial charge in [-0.25, -0.2) is 0 Å². The minimum atomic E-state index is -0.0511. The molecule has 0 bridgehead atoms. The molecular weight excluding hydrogens is 162 g/mol. The van der Waals surface area contributed by atoms with Gasteiger partial charge in [0.25, 0.3) is 0 Å². The first-order valence-corrected chi connectivity index (χ1v) is 4.19. The summed E-state index contributed by atoms with van der Waals surface area (Å²) in [4.78, 5) is 10.6. The van der Waals surface area contributed by atoms with Gasteiger partial charge in [0, 0.05) is 13.1 Å². The van der Waals surface area contributed by atoms with E-state index in [1.54, 1.807) is 6.20 Å². The van der Waals surface area contributed by atoms with Crippen LogP contribution in [0.2, 0.25) is 0 Å². The van der Waals surface area contributed by atoms with E-state index in [0.717, 1.165) is 5.56 Å². The van der Waals surface area contributed by atoms with Crippen LogP contribution in [0.5, 0.6) is 0 Å². The number of rotatable bonds is 2. The van der Waals surface area contributed by atoms with E-state index in [1.165, 1.54) is 12.5 Å². The summed E-state index contributed by atoms with van der Waals surface area (Å²) >= 11 is 0. The molecule has 0 spiro atoms. The van der Waals surface area contributed by atoms with Crippen LogP contribution in [0.25, 0.3) is 6.08 Å². The lowest BCUT2D eigenvalue weighted by atomic mass is 10.1. The van der Waals surface area contributed by atoms with Crippen molar-refractivity contribution in [3.63, 3.8) is 0 Å². The molecule has 1 aromatic carbocycles. The summed E-state index contributed by atoms with van der Waals surface area (Å²) in [5, 5.41) is 2.60. The maximum atomic E-state index is 10.6. The Balaban J connectivity index is 2.68. The van der Waals surface area contributed by atoms with Crippen LogP contribution in [0, 0.1) is 6.92 Å². The maximum absolute atomic E-state index is 10.6. The highest BCUT2D eigenvalue weighted by Crippen LogP contribution is 2.07. The molecule has 0 heterocycles. The third-order valence-electron chi connectivity index (χ3n) is 1.74. The molecule has 68 valence electrons. The Bertz CT molecular complexity index is 329. The standard InChI is InChI=1S/C11H13NO/c1-9-5-3-4-6-11(9)7-8-12-10(2)13/h3-8H,1-2H3,(H,12,13)/b8-7+. The molecule has 13 heavy (non-hydrogen) atoms. The van der Waals surface area contributed by atoms with E-state index in [9.17, 15) is 4.79 Å². The van der Waals surface area contributed by atoms with Crippen molar-refractivity contribution >= 4 is 12.0 Å². The van der Waals surface area contributed by atoms with E-state index >= 15 is 0 Å². The van der Waals surface area contributed by atoms with Gasteiger partial charge in [-0.2, -0.15) is 0 Å². The normalized spacial score (nSPS) is 10.3. The fourth-order valence-corrected chi connectivity index (χ4v) is 1.02. The van der Waals surface area contributed by atoms with Crippen molar-refractivity contribution in [2.45, 2.75) is 13.8 Å². The molecule has 0 radical (unpaired) electrons. The Hall–Kier alpha value is -1.57. The lowest BCUT2D eigenvalue weighted by Gasteiger charge is -1.98. The molecule has 0 saturated carbocycles. The first-order valence-electron chi connectivity index (χ1n) is 4.19. The van der Waals surface area contributed by atoms with Gasteiger partial charge in [0.2, 0.25) is 5.91 Å². The SMILES string of the molecule is CC(=O)N/C=C/c1ccccc1C. The Kier molecular flexibility index (Phi) is 3.26. The second-order valence-electron chi connectivity index (χ2n) is 2.89. The predicted octanol–water partition coefficient (Wildman–Crippen LogP) is 2.10. The van der Waals surface area contributed by atoms with Crippen LogP contribution in [-0.2, 0) is 4.79 Å². The fourth-order valence-electron chi connectivity index (χ4n) is 1.02. The first-order chi connectivity index (χ1) is 6.20. The zero-order valence-electron chi connectivity index (χ0n) is 7.87. The molecule has 1 aromatic rings. The fraction of sp³-hybridized carbons (Fsp3) is 0.182. The molecule has 0 fully saturated rings. The Morgan fingerprint density at radius 2 is 2.08 bits per heavy atom. The van der Waals surface area contributed by atoms with Crippen molar-refractivity contribution in [1.82, 2.24) is 5.32 Å². The van der Waals surface area contributed by atoms with E-state index in [4.69, 9.17) is 0 Å². The summed E-state index contributed by atoms with van der Waals surface area (Å²) in [6.45, 7) is 3.52. The Morgan fingerprint density at radius 3 is 2.69 bits per heavy atom. The number of nitrogens with one attached hydrogen (secondary N) is 1. The van der Waals surface area contributed by atoms with E-state index in [2.05, 4.69) is 5.32 Å². The molecule has 0 aliphatic carbocycles. The number of hydrogen-bond acceptors (Lipinski definition) is 1. The number of carbonyl (C=O) groups is 1. The van der Waals surface area contributed by atoms with Gasteiger partial charge in [0.15, 0.2) is 0 Å². The van der Waals surface area contributed by atoms with E-state index in [0.29, 0.717) is 0 Å². The zero-order chi connectivity index (χ0) is 9.68. The van der Waals surface area contributed by atoms with Crippen molar-refractivity contribution in [1.29, 1.82) is 0 Å². The number of carbonyl (C=O) groups excluding carboxylic acids is 1. The van der Waals surface area contributed by atoms with Gasteiger partial charge in [-0.15, -0.1) is 0 Å². The summed E-state index contributed by atoms with van der Waals surface area (Å²) in [5.74, 6) is -0.0511. The summed E-state index contributed by atoms with van der Waals surface area (Å²) in [6, 6.07) is 8.01. The Morgan fingerprint density at radius 1 is 1.38 bits per heavy atom. The molecule has 0 aliphatic rings. The van der Waals surface area contributed by atoms with Gasteiger partial charge < -0.3 is 5.32 Å². The van der Waals surface area contributed by atoms with Crippen LogP contribution >= 0.6 is 0 Å². The highest BCUT2D eigenvalue weighted by molar-refractivity contribution is 5.75. The quantitative estimate of drug-likeness (QED) is 0.732. The van der Waals surface area contributed by atoms with Crippen molar-refractivity contribution in [3.05, 3.63) is 41.6 Å². The van der Waals surface area contributed by atoms with Crippen LogP contribution in [0.15, 0.2) is 30.5 Å². The minimum absolute atomic E-state index is 0.0511. The van der Waals surface area contributed by atoms with E-state index in [-0.39, 0.29) is 5.91 Å². The van der Waals surface area contributed by atoms with Gasteiger partial charge in [-0.05, 0) is 24.1 Å². The molecule has 2 nitrogen and oxygen atoms in total. The van der Waals surface area contributed by atoms with Gasteiger partial charge in [0.1, 0.15) is 0 Å². The lowest BCUT2D eigenvalue weighted by Crippen LogP contribution is -2.11. The molecular formula is C11H13NO. The topological polar surface area (TPSA) is 29.1 Å². The molecule has 0 saturated heterocycles. The summed E-state index contributed by atoms with van der Waals surface area (Å²) < 4.78 is 0. The highest BCUT2D eigenvalue weighted by atomic mass is 16.1. The monoisotopic (exact) mass is 175 g/mol. The number of amides is 1. The highest BCUT2D eigenvalue weighted by Gasteiger charge is 1.90. The van der Waals surface area contributed by atoms with Crippen LogP contribution in [-0.4, -0.2) is 5.91 Å². The summed E-state index contributed by atoms with van der Waals surface area (Å²) in [6.07, 6.45) is 3.54. The van der Waals surface area contributed by atoms with Crippen molar-refractivity contribution in [3.8, 4) is 0 Å². The molecule has 1 rings (SSSR count). The van der Waals surface area contributed by atoms with Crippen molar-refractivity contribution < 1.29 is 4.79 Å². The van der Waals surface area contributed by atoms with Crippen LogP contribution in [0.1, 0.15) is 18.1 Å². The lowest BCUT2D eigenvalue weighted by molar-refractivity contribution is -0.118. The van der Waals surface area contributed by atoms with Crippen LogP contribution < -0.4 is 5.32 Å². The summed E-state index contributed by atoms with van der Waals surface area (Å²) in [7, 11) is 0. The molecule has 1 N–H and O–H groups in total. The average Bonchev–Trinajstić information content (AvgIpc) is 2.08. The average molecular weight is 175 g/mol. The maximum Gasteiger partial charge on any atom is 0.220 e. The minimum Gasteiger partial charge on any atom is -0.333 e. The molecule has 0 aromatic heterocycles. The van der Waals surface area contributed by atoms with E-state index in [1.807, 2.05) is 37.3 Å². The summed E-state index contributed by atoms with van der Waals surface area (Å²) in [5.41, 5.74) is 2.32. The Labute approximate surface area is 78.3 Å². The smallest absolute Gasteiger partial charge is 0.220 e. The molecule has 1 amide bonds. The van der Waals surface area contributed by atoms with Gasteiger partial charge in [-0.1, -0.05) is 24.3 Å². The number of hydrogen-bond donors (Lipinski definition) is 1. The van der Waals surface area contributed by atoms with Crippen molar-refractivity contribution in [2.24, 2.45) is 0 Å². The van der Waals surface area contributed by atoms with Gasteiger partial charge in [-0.3, -0.25) is 4.79 Å². The first kappa shape index (κ1) is 9.52. The second-order valence-corrected chi connectivity index (χ2v) is 2.89. The van der Waals surface area contributed by atoms with Crippen molar-refractivity contribution in [2.75, 3.05) is 0 Å². The molecule has 2 heteroatoms. The van der Waals surface area contributed by atoms with Crippen LogP contribution in [0.4, 0.5) is 0 Å². The number of aryl methyl sites for hydroxylation is 1. The van der Waals surface area contributed by atoms with Gasteiger partial charge >= 0.3 is 0 Å². The van der Waals surface area contributed by atoms with Gasteiger partial charge in [0.05, 0.1) is 0 Å².